The average molecular weight is 349 g/mol. The summed E-state index contributed by atoms with van der Waals surface area (Å²) < 4.78 is 0. The Morgan fingerprint density at radius 3 is 2.21 bits per heavy atom. The van der Waals surface area contributed by atoms with Gasteiger partial charge in [0.15, 0.2) is 0 Å². The van der Waals surface area contributed by atoms with Crippen molar-refractivity contribution in [2.45, 2.75) is 38.5 Å². The summed E-state index contributed by atoms with van der Waals surface area (Å²) in [5.41, 5.74) is 1.13. The SMILES string of the molecule is O=C(CCc1ccc(Cl)cc1)N1CCC(C(=O)N2CCCC2)CC1. The molecule has 1 aromatic rings. The fourth-order valence-electron chi connectivity index (χ4n) is 3.63. The van der Waals surface area contributed by atoms with Crippen LogP contribution in [-0.2, 0) is 16.0 Å². The summed E-state index contributed by atoms with van der Waals surface area (Å²) in [4.78, 5) is 28.7. The van der Waals surface area contributed by atoms with Crippen LogP contribution >= 0.6 is 11.6 Å². The first-order chi connectivity index (χ1) is 11.6. The maximum absolute atomic E-state index is 12.4. The Bertz CT molecular complexity index is 574. The molecule has 24 heavy (non-hydrogen) atoms. The lowest BCUT2D eigenvalue weighted by Gasteiger charge is -2.33. The lowest BCUT2D eigenvalue weighted by molar-refractivity contribution is -0.140. The van der Waals surface area contributed by atoms with Gasteiger partial charge in [-0.3, -0.25) is 9.59 Å². The lowest BCUT2D eigenvalue weighted by atomic mass is 9.95. The molecule has 0 N–H and O–H groups in total. The topological polar surface area (TPSA) is 40.6 Å². The molecule has 2 heterocycles. The summed E-state index contributed by atoms with van der Waals surface area (Å²) in [5.74, 6) is 0.612. The van der Waals surface area contributed by atoms with Gasteiger partial charge in [-0.25, -0.2) is 0 Å². The van der Waals surface area contributed by atoms with E-state index in [9.17, 15) is 9.59 Å². The van der Waals surface area contributed by atoms with E-state index in [0.717, 1.165) is 55.8 Å². The average Bonchev–Trinajstić information content (AvgIpc) is 3.15. The molecule has 2 saturated heterocycles. The van der Waals surface area contributed by atoms with Gasteiger partial charge in [0.2, 0.25) is 11.8 Å². The molecular formula is C19H25ClN2O2. The van der Waals surface area contributed by atoms with Gasteiger partial charge in [0.1, 0.15) is 0 Å². The molecule has 2 aliphatic rings. The van der Waals surface area contributed by atoms with Gasteiger partial charge >= 0.3 is 0 Å². The second kappa shape index (κ2) is 8.02. The highest BCUT2D eigenvalue weighted by Crippen LogP contribution is 2.22. The second-order valence-corrected chi connectivity index (χ2v) is 7.25. The van der Waals surface area contributed by atoms with E-state index in [1.807, 2.05) is 34.1 Å². The fourth-order valence-corrected chi connectivity index (χ4v) is 3.76. The number of carbonyl (C=O) groups excluding carboxylic acids is 2. The van der Waals surface area contributed by atoms with Crippen molar-refractivity contribution in [2.75, 3.05) is 26.2 Å². The molecule has 2 amide bonds. The summed E-state index contributed by atoms with van der Waals surface area (Å²) in [6.07, 6.45) is 5.14. The van der Waals surface area contributed by atoms with Gasteiger partial charge in [0, 0.05) is 43.5 Å². The molecule has 2 aliphatic heterocycles. The van der Waals surface area contributed by atoms with Gasteiger partial charge < -0.3 is 9.80 Å². The predicted molar refractivity (Wildman–Crippen MR) is 94.9 cm³/mol. The first-order valence-electron chi connectivity index (χ1n) is 8.94. The minimum absolute atomic E-state index is 0.114. The number of likely N-dealkylation sites (tertiary alicyclic amines) is 2. The van der Waals surface area contributed by atoms with E-state index in [-0.39, 0.29) is 11.8 Å². The lowest BCUT2D eigenvalue weighted by Crippen LogP contribution is -2.43. The number of hydrogen-bond donors (Lipinski definition) is 0. The van der Waals surface area contributed by atoms with Crippen LogP contribution in [0.25, 0.3) is 0 Å². The van der Waals surface area contributed by atoms with E-state index >= 15 is 0 Å². The minimum Gasteiger partial charge on any atom is -0.343 e. The molecule has 130 valence electrons. The number of amides is 2. The van der Waals surface area contributed by atoms with Gasteiger partial charge in [0.25, 0.3) is 0 Å². The van der Waals surface area contributed by atoms with E-state index in [1.165, 1.54) is 0 Å². The zero-order valence-electron chi connectivity index (χ0n) is 14.0. The standard InChI is InChI=1S/C19H25ClN2O2/c20-17-6-3-15(4-7-17)5-8-18(23)21-13-9-16(10-14-21)19(24)22-11-1-2-12-22/h3-4,6-7,16H,1-2,5,8-14H2. The number of nitrogens with zero attached hydrogens (tertiary/aromatic N) is 2. The third-order valence-corrected chi connectivity index (χ3v) is 5.41. The Hall–Kier alpha value is -1.55. The fraction of sp³-hybridized carbons (Fsp3) is 0.579. The highest BCUT2D eigenvalue weighted by atomic mass is 35.5. The predicted octanol–water partition coefficient (Wildman–Crippen LogP) is 3.13. The van der Waals surface area contributed by atoms with Crippen molar-refractivity contribution in [3.63, 3.8) is 0 Å². The highest BCUT2D eigenvalue weighted by Gasteiger charge is 2.30. The Morgan fingerprint density at radius 1 is 0.958 bits per heavy atom. The van der Waals surface area contributed by atoms with Gasteiger partial charge in [0.05, 0.1) is 0 Å². The van der Waals surface area contributed by atoms with Crippen molar-refractivity contribution in [2.24, 2.45) is 5.92 Å². The number of halogens is 1. The number of benzene rings is 1. The van der Waals surface area contributed by atoms with Crippen LogP contribution in [0.2, 0.25) is 5.02 Å². The van der Waals surface area contributed by atoms with Crippen LogP contribution in [0.1, 0.15) is 37.7 Å². The monoisotopic (exact) mass is 348 g/mol. The third kappa shape index (κ3) is 4.29. The van der Waals surface area contributed by atoms with Crippen molar-refractivity contribution in [1.29, 1.82) is 0 Å². The van der Waals surface area contributed by atoms with Crippen LogP contribution in [0.4, 0.5) is 0 Å². The van der Waals surface area contributed by atoms with Gasteiger partial charge in [-0.2, -0.15) is 0 Å². The van der Waals surface area contributed by atoms with Crippen LogP contribution < -0.4 is 0 Å². The van der Waals surface area contributed by atoms with Gasteiger partial charge in [-0.1, -0.05) is 23.7 Å². The number of carbonyl (C=O) groups is 2. The third-order valence-electron chi connectivity index (χ3n) is 5.16. The summed E-state index contributed by atoms with van der Waals surface area (Å²) in [7, 11) is 0. The van der Waals surface area contributed by atoms with E-state index in [1.54, 1.807) is 0 Å². The second-order valence-electron chi connectivity index (χ2n) is 6.81. The quantitative estimate of drug-likeness (QED) is 0.838. The molecule has 0 radical (unpaired) electrons. The number of piperidine rings is 1. The van der Waals surface area contributed by atoms with E-state index in [2.05, 4.69) is 0 Å². The van der Waals surface area contributed by atoms with E-state index in [0.29, 0.717) is 25.4 Å². The first kappa shape index (κ1) is 17.3. The summed E-state index contributed by atoms with van der Waals surface area (Å²) in [5, 5.41) is 0.717. The van der Waals surface area contributed by atoms with Crippen LogP contribution in [-0.4, -0.2) is 47.8 Å². The van der Waals surface area contributed by atoms with Crippen LogP contribution in [0.5, 0.6) is 0 Å². The summed E-state index contributed by atoms with van der Waals surface area (Å²) in [6.45, 7) is 3.26. The molecule has 0 atom stereocenters. The van der Waals surface area contributed by atoms with Crippen molar-refractivity contribution >= 4 is 23.4 Å². The molecule has 0 bridgehead atoms. The maximum atomic E-state index is 12.4. The zero-order valence-corrected chi connectivity index (χ0v) is 14.8. The van der Waals surface area contributed by atoms with Crippen molar-refractivity contribution in [1.82, 2.24) is 9.80 Å². The van der Waals surface area contributed by atoms with Crippen LogP contribution in [0.3, 0.4) is 0 Å². The molecule has 3 rings (SSSR count). The summed E-state index contributed by atoms with van der Waals surface area (Å²) >= 11 is 5.88. The number of aryl methyl sites for hydroxylation is 1. The van der Waals surface area contributed by atoms with Gasteiger partial charge in [-0.15, -0.1) is 0 Å². The van der Waals surface area contributed by atoms with Crippen molar-refractivity contribution in [3.8, 4) is 0 Å². The molecule has 0 unspecified atom stereocenters. The zero-order chi connectivity index (χ0) is 16.9. The smallest absolute Gasteiger partial charge is 0.225 e. The van der Waals surface area contributed by atoms with Gasteiger partial charge in [-0.05, 0) is 49.8 Å². The van der Waals surface area contributed by atoms with Crippen molar-refractivity contribution < 1.29 is 9.59 Å². The molecule has 2 fully saturated rings. The maximum Gasteiger partial charge on any atom is 0.225 e. The largest absolute Gasteiger partial charge is 0.343 e. The Morgan fingerprint density at radius 2 is 1.58 bits per heavy atom. The number of rotatable bonds is 4. The molecular weight excluding hydrogens is 324 g/mol. The Kier molecular flexibility index (Phi) is 5.77. The molecule has 0 aliphatic carbocycles. The number of hydrogen-bond acceptors (Lipinski definition) is 2. The molecule has 4 nitrogen and oxygen atoms in total. The van der Waals surface area contributed by atoms with E-state index < -0.39 is 0 Å². The minimum atomic E-state index is 0.114. The molecule has 0 saturated carbocycles. The molecule has 1 aromatic carbocycles. The highest BCUT2D eigenvalue weighted by molar-refractivity contribution is 6.30. The normalized spacial score (nSPS) is 18.9. The molecule has 0 spiro atoms. The molecule has 5 heteroatoms. The van der Waals surface area contributed by atoms with Crippen LogP contribution in [0.15, 0.2) is 24.3 Å². The first-order valence-corrected chi connectivity index (χ1v) is 9.32. The van der Waals surface area contributed by atoms with Crippen LogP contribution in [0, 0.1) is 5.92 Å². The Labute approximate surface area is 148 Å². The summed E-state index contributed by atoms with van der Waals surface area (Å²) in [6, 6.07) is 7.65. The molecule has 0 aromatic heterocycles. The van der Waals surface area contributed by atoms with E-state index in [4.69, 9.17) is 11.6 Å². The Balaban J connectivity index is 1.43. The van der Waals surface area contributed by atoms with Crippen molar-refractivity contribution in [3.05, 3.63) is 34.9 Å².